The predicted octanol–water partition coefficient (Wildman–Crippen LogP) is 1.39. The third kappa shape index (κ3) is 3.93. The summed E-state index contributed by atoms with van der Waals surface area (Å²) in [6, 6.07) is -0.0839. The molecule has 1 aliphatic carbocycles. The lowest BCUT2D eigenvalue weighted by molar-refractivity contribution is -0.132. The number of likely N-dealkylation sites (tertiary alicyclic amines) is 1. The highest BCUT2D eigenvalue weighted by molar-refractivity contribution is 5.81. The Kier molecular flexibility index (Phi) is 5.64. The van der Waals surface area contributed by atoms with Crippen molar-refractivity contribution in [3.63, 3.8) is 0 Å². The molecule has 110 valence electrons. The standard InChI is InChI=1S/C15H28N2O2/c1-12(15(19)17-8-4-5-9-17)16-10-13-6-2-3-7-14(13)11-18/h12-14,16,18H,2-11H2,1H3. The van der Waals surface area contributed by atoms with Crippen molar-refractivity contribution in [3.8, 4) is 0 Å². The highest BCUT2D eigenvalue weighted by atomic mass is 16.3. The Morgan fingerprint density at radius 1 is 1.21 bits per heavy atom. The van der Waals surface area contributed by atoms with E-state index >= 15 is 0 Å². The molecule has 0 aromatic rings. The molecule has 1 aliphatic heterocycles. The first-order valence-corrected chi connectivity index (χ1v) is 7.85. The second kappa shape index (κ2) is 7.25. The number of aliphatic hydroxyl groups is 1. The summed E-state index contributed by atoms with van der Waals surface area (Å²) in [5.41, 5.74) is 0. The maximum Gasteiger partial charge on any atom is 0.239 e. The van der Waals surface area contributed by atoms with E-state index in [1.54, 1.807) is 0 Å². The van der Waals surface area contributed by atoms with Gasteiger partial charge in [-0.15, -0.1) is 0 Å². The molecule has 0 radical (unpaired) electrons. The minimum Gasteiger partial charge on any atom is -0.396 e. The Balaban J connectivity index is 1.75. The SMILES string of the molecule is CC(NCC1CCCCC1CO)C(=O)N1CCCC1. The Morgan fingerprint density at radius 3 is 2.47 bits per heavy atom. The van der Waals surface area contributed by atoms with E-state index in [0.29, 0.717) is 18.4 Å². The van der Waals surface area contributed by atoms with Crippen LogP contribution in [0.15, 0.2) is 0 Å². The van der Waals surface area contributed by atoms with Crippen molar-refractivity contribution in [2.24, 2.45) is 11.8 Å². The zero-order chi connectivity index (χ0) is 13.7. The highest BCUT2D eigenvalue weighted by Gasteiger charge is 2.27. The molecular formula is C15H28N2O2. The van der Waals surface area contributed by atoms with Gasteiger partial charge in [-0.2, -0.15) is 0 Å². The molecule has 2 fully saturated rings. The smallest absolute Gasteiger partial charge is 0.239 e. The Labute approximate surface area is 116 Å². The van der Waals surface area contributed by atoms with Gasteiger partial charge >= 0.3 is 0 Å². The van der Waals surface area contributed by atoms with Crippen molar-refractivity contribution in [1.82, 2.24) is 10.2 Å². The maximum absolute atomic E-state index is 12.2. The summed E-state index contributed by atoms with van der Waals surface area (Å²) in [5, 5.41) is 12.8. The zero-order valence-electron chi connectivity index (χ0n) is 12.1. The van der Waals surface area contributed by atoms with Crippen molar-refractivity contribution >= 4 is 5.91 Å². The molecule has 2 rings (SSSR count). The van der Waals surface area contributed by atoms with Crippen LogP contribution in [0.1, 0.15) is 45.4 Å². The van der Waals surface area contributed by atoms with Gasteiger partial charge in [0, 0.05) is 19.7 Å². The van der Waals surface area contributed by atoms with Crippen molar-refractivity contribution in [1.29, 1.82) is 0 Å². The Hall–Kier alpha value is -0.610. The Morgan fingerprint density at radius 2 is 1.84 bits per heavy atom. The molecule has 3 atom stereocenters. The third-order valence-corrected chi connectivity index (χ3v) is 4.78. The molecule has 0 aromatic heterocycles. The number of amides is 1. The largest absolute Gasteiger partial charge is 0.396 e. The number of nitrogens with one attached hydrogen (secondary N) is 1. The number of rotatable bonds is 5. The Bertz CT molecular complexity index is 290. The monoisotopic (exact) mass is 268 g/mol. The normalized spacial score (nSPS) is 29.5. The molecule has 1 heterocycles. The van der Waals surface area contributed by atoms with Crippen LogP contribution in [-0.2, 0) is 4.79 Å². The van der Waals surface area contributed by atoms with E-state index in [0.717, 1.165) is 38.9 Å². The number of carbonyl (C=O) groups is 1. The van der Waals surface area contributed by atoms with Crippen molar-refractivity contribution in [3.05, 3.63) is 0 Å². The van der Waals surface area contributed by atoms with Gasteiger partial charge < -0.3 is 15.3 Å². The first-order valence-electron chi connectivity index (χ1n) is 7.85. The van der Waals surface area contributed by atoms with Crippen LogP contribution in [-0.4, -0.2) is 48.2 Å². The summed E-state index contributed by atoms with van der Waals surface area (Å²) in [4.78, 5) is 14.2. The molecule has 3 unspecified atom stereocenters. The summed E-state index contributed by atoms with van der Waals surface area (Å²) in [6.07, 6.45) is 7.11. The topological polar surface area (TPSA) is 52.6 Å². The predicted molar refractivity (Wildman–Crippen MR) is 75.8 cm³/mol. The van der Waals surface area contributed by atoms with Crippen LogP contribution in [0.25, 0.3) is 0 Å². The summed E-state index contributed by atoms with van der Waals surface area (Å²) in [5.74, 6) is 1.21. The first kappa shape index (κ1) is 14.8. The van der Waals surface area contributed by atoms with Crippen molar-refractivity contribution in [2.75, 3.05) is 26.2 Å². The van der Waals surface area contributed by atoms with Gasteiger partial charge in [-0.1, -0.05) is 12.8 Å². The lowest BCUT2D eigenvalue weighted by Gasteiger charge is -2.31. The van der Waals surface area contributed by atoms with E-state index < -0.39 is 0 Å². The average molecular weight is 268 g/mol. The molecule has 2 N–H and O–H groups in total. The molecule has 1 saturated carbocycles. The number of hydrogen-bond donors (Lipinski definition) is 2. The van der Waals surface area contributed by atoms with E-state index in [2.05, 4.69) is 5.32 Å². The van der Waals surface area contributed by atoms with Crippen LogP contribution in [0.5, 0.6) is 0 Å². The van der Waals surface area contributed by atoms with Crippen LogP contribution in [0.3, 0.4) is 0 Å². The number of nitrogens with zero attached hydrogens (tertiary/aromatic N) is 1. The fourth-order valence-electron chi connectivity index (χ4n) is 3.42. The van der Waals surface area contributed by atoms with Crippen LogP contribution in [0.2, 0.25) is 0 Å². The second-order valence-corrected chi connectivity index (χ2v) is 6.15. The van der Waals surface area contributed by atoms with Gasteiger partial charge in [0.2, 0.25) is 5.91 Å². The summed E-state index contributed by atoms with van der Waals surface area (Å²) in [6.45, 7) is 4.98. The molecule has 4 heteroatoms. The molecule has 2 aliphatic rings. The van der Waals surface area contributed by atoms with Gasteiger partial charge in [0.05, 0.1) is 6.04 Å². The molecular weight excluding hydrogens is 240 g/mol. The van der Waals surface area contributed by atoms with Crippen molar-refractivity contribution < 1.29 is 9.90 Å². The lowest BCUT2D eigenvalue weighted by atomic mass is 9.79. The number of hydrogen-bond acceptors (Lipinski definition) is 3. The molecule has 0 aromatic carbocycles. The van der Waals surface area contributed by atoms with E-state index in [9.17, 15) is 9.90 Å². The van der Waals surface area contributed by atoms with Gasteiger partial charge in [-0.3, -0.25) is 4.79 Å². The summed E-state index contributed by atoms with van der Waals surface area (Å²) >= 11 is 0. The fourth-order valence-corrected chi connectivity index (χ4v) is 3.42. The van der Waals surface area contributed by atoms with Crippen LogP contribution >= 0.6 is 0 Å². The van der Waals surface area contributed by atoms with Crippen LogP contribution in [0.4, 0.5) is 0 Å². The van der Waals surface area contributed by atoms with E-state index in [1.165, 1.54) is 19.3 Å². The van der Waals surface area contributed by atoms with Crippen LogP contribution < -0.4 is 5.32 Å². The molecule has 0 spiro atoms. The van der Waals surface area contributed by atoms with E-state index in [-0.39, 0.29) is 11.9 Å². The minimum atomic E-state index is -0.0839. The van der Waals surface area contributed by atoms with Crippen molar-refractivity contribution in [2.45, 2.75) is 51.5 Å². The molecule has 1 amide bonds. The molecule has 1 saturated heterocycles. The highest BCUT2D eigenvalue weighted by Crippen LogP contribution is 2.29. The van der Waals surface area contributed by atoms with Gasteiger partial charge in [-0.05, 0) is 51.0 Å². The first-order chi connectivity index (χ1) is 9.22. The number of aliphatic hydroxyl groups excluding tert-OH is 1. The fraction of sp³-hybridized carbons (Fsp3) is 0.933. The van der Waals surface area contributed by atoms with Gasteiger partial charge in [0.25, 0.3) is 0 Å². The lowest BCUT2D eigenvalue weighted by Crippen LogP contribution is -2.46. The zero-order valence-corrected chi connectivity index (χ0v) is 12.1. The van der Waals surface area contributed by atoms with Gasteiger partial charge in [-0.25, -0.2) is 0 Å². The maximum atomic E-state index is 12.2. The minimum absolute atomic E-state index is 0.0839. The quantitative estimate of drug-likeness (QED) is 0.792. The number of carbonyl (C=O) groups excluding carboxylic acids is 1. The summed E-state index contributed by atoms with van der Waals surface area (Å²) < 4.78 is 0. The summed E-state index contributed by atoms with van der Waals surface area (Å²) in [7, 11) is 0. The van der Waals surface area contributed by atoms with Gasteiger partial charge in [0.1, 0.15) is 0 Å². The third-order valence-electron chi connectivity index (χ3n) is 4.78. The average Bonchev–Trinajstić information content (AvgIpc) is 2.98. The molecule has 0 bridgehead atoms. The second-order valence-electron chi connectivity index (χ2n) is 6.15. The molecule has 4 nitrogen and oxygen atoms in total. The molecule has 19 heavy (non-hydrogen) atoms. The van der Waals surface area contributed by atoms with Crippen LogP contribution in [0, 0.1) is 11.8 Å². The van der Waals surface area contributed by atoms with E-state index in [1.807, 2.05) is 11.8 Å². The van der Waals surface area contributed by atoms with Gasteiger partial charge in [0.15, 0.2) is 0 Å². The van der Waals surface area contributed by atoms with E-state index in [4.69, 9.17) is 0 Å².